The molecule has 0 aromatic heterocycles. The summed E-state index contributed by atoms with van der Waals surface area (Å²) in [5.74, 6) is -2.28. The smallest absolute Gasteiger partial charge is 0.343 e. The molecule has 3 rings (SSSR count). The van der Waals surface area contributed by atoms with Crippen molar-refractivity contribution in [2.75, 3.05) is 0 Å². The van der Waals surface area contributed by atoms with Gasteiger partial charge >= 0.3 is 5.97 Å². The van der Waals surface area contributed by atoms with E-state index in [0.29, 0.717) is 5.56 Å². The van der Waals surface area contributed by atoms with Crippen LogP contribution in [0.4, 0.5) is 8.78 Å². The molecule has 5 heteroatoms. The van der Waals surface area contributed by atoms with Gasteiger partial charge in [-0.15, -0.1) is 0 Å². The summed E-state index contributed by atoms with van der Waals surface area (Å²) in [7, 11) is 0. The third-order valence-electron chi connectivity index (χ3n) is 4.84. The van der Waals surface area contributed by atoms with Crippen LogP contribution in [0.3, 0.4) is 0 Å². The molecule has 2 aromatic rings. The highest BCUT2D eigenvalue weighted by Gasteiger charge is 2.16. The van der Waals surface area contributed by atoms with Crippen LogP contribution in [0, 0.1) is 28.9 Å². The largest absolute Gasteiger partial charge is 0.423 e. The Bertz CT molecular complexity index is 811. The van der Waals surface area contributed by atoms with Crippen LogP contribution in [0.1, 0.15) is 53.6 Å². The molecule has 1 saturated carbocycles. The lowest BCUT2D eigenvalue weighted by molar-refractivity contribution is 0.0734. The van der Waals surface area contributed by atoms with Crippen molar-refractivity contribution in [3.05, 3.63) is 64.7 Å². The molecule has 0 unspecified atom stereocenters. The maximum atomic E-state index is 13.6. The molecule has 0 bridgehead atoms. The lowest BCUT2D eigenvalue weighted by atomic mass is 9.98. The number of carbonyl (C=O) groups excluding carboxylic acids is 1. The second-order valence-electron chi connectivity index (χ2n) is 6.65. The minimum absolute atomic E-state index is 0.269. The van der Waals surface area contributed by atoms with Gasteiger partial charge in [-0.3, -0.25) is 0 Å². The van der Waals surface area contributed by atoms with Gasteiger partial charge in [-0.25, -0.2) is 13.6 Å². The fraction of sp³-hybridized carbons (Fsp3) is 0.333. The Hall–Kier alpha value is -2.74. The quantitative estimate of drug-likeness (QED) is 0.548. The third kappa shape index (κ3) is 4.26. The lowest BCUT2D eigenvalue weighted by Crippen LogP contribution is -2.09. The van der Waals surface area contributed by atoms with E-state index < -0.39 is 23.2 Å². The molecule has 0 N–H and O–H groups in total. The molecule has 2 aromatic carbocycles. The van der Waals surface area contributed by atoms with Gasteiger partial charge in [0.05, 0.1) is 5.56 Å². The first-order chi connectivity index (χ1) is 12.6. The van der Waals surface area contributed by atoms with Crippen LogP contribution in [-0.2, 0) is 6.42 Å². The normalized spacial score (nSPS) is 14.2. The second kappa shape index (κ2) is 8.09. The molecule has 0 saturated heterocycles. The Morgan fingerprint density at radius 3 is 2.31 bits per heavy atom. The Labute approximate surface area is 151 Å². The Morgan fingerprint density at radius 1 is 1.12 bits per heavy atom. The summed E-state index contributed by atoms with van der Waals surface area (Å²) in [6.07, 6.45) is 7.40. The SMILES string of the molecule is N#Cc1c(F)cc(OC(=O)c2ccc(CCC3CCCC3)cc2)cc1F. The van der Waals surface area contributed by atoms with Crippen LogP contribution < -0.4 is 4.74 Å². The molecule has 1 fully saturated rings. The third-order valence-corrected chi connectivity index (χ3v) is 4.84. The van der Waals surface area contributed by atoms with Gasteiger partial charge in [0.25, 0.3) is 0 Å². The van der Waals surface area contributed by atoms with Gasteiger partial charge in [0.2, 0.25) is 0 Å². The maximum absolute atomic E-state index is 13.6. The van der Waals surface area contributed by atoms with Gasteiger partial charge in [0, 0.05) is 12.1 Å². The van der Waals surface area contributed by atoms with Crippen molar-refractivity contribution >= 4 is 5.97 Å². The van der Waals surface area contributed by atoms with Crippen molar-refractivity contribution in [1.29, 1.82) is 5.26 Å². The average molecular weight is 355 g/mol. The fourth-order valence-corrected chi connectivity index (χ4v) is 3.36. The molecule has 134 valence electrons. The number of hydrogen-bond donors (Lipinski definition) is 0. The zero-order valence-electron chi connectivity index (χ0n) is 14.3. The van der Waals surface area contributed by atoms with Crippen molar-refractivity contribution < 1.29 is 18.3 Å². The van der Waals surface area contributed by atoms with E-state index >= 15 is 0 Å². The zero-order chi connectivity index (χ0) is 18.5. The highest BCUT2D eigenvalue weighted by Crippen LogP contribution is 2.28. The molecule has 0 atom stereocenters. The molecule has 1 aliphatic rings. The van der Waals surface area contributed by atoms with Gasteiger partial charge < -0.3 is 4.74 Å². The topological polar surface area (TPSA) is 50.1 Å². The molecule has 0 amide bonds. The van der Waals surface area contributed by atoms with Crippen LogP contribution in [0.15, 0.2) is 36.4 Å². The zero-order valence-corrected chi connectivity index (χ0v) is 14.3. The van der Waals surface area contributed by atoms with Crippen molar-refractivity contribution in [3.63, 3.8) is 0 Å². The molecule has 0 aliphatic heterocycles. The number of carbonyl (C=O) groups is 1. The Kier molecular flexibility index (Phi) is 5.62. The summed E-state index contributed by atoms with van der Waals surface area (Å²) >= 11 is 0. The number of aryl methyl sites for hydroxylation is 1. The van der Waals surface area contributed by atoms with Gasteiger partial charge in [0.1, 0.15) is 29.0 Å². The van der Waals surface area contributed by atoms with Crippen LogP contribution in [-0.4, -0.2) is 5.97 Å². The minimum Gasteiger partial charge on any atom is -0.423 e. The average Bonchev–Trinajstić information content (AvgIpc) is 3.14. The van der Waals surface area contributed by atoms with Gasteiger partial charge in [-0.05, 0) is 36.5 Å². The maximum Gasteiger partial charge on any atom is 0.343 e. The van der Waals surface area contributed by atoms with Crippen LogP contribution in [0.2, 0.25) is 0 Å². The highest BCUT2D eigenvalue weighted by molar-refractivity contribution is 5.91. The monoisotopic (exact) mass is 355 g/mol. The second-order valence-corrected chi connectivity index (χ2v) is 6.65. The van der Waals surface area contributed by atoms with E-state index in [0.717, 1.165) is 36.5 Å². The summed E-state index contributed by atoms with van der Waals surface area (Å²) in [4.78, 5) is 12.1. The summed E-state index contributed by atoms with van der Waals surface area (Å²) in [5, 5.41) is 8.65. The molecule has 26 heavy (non-hydrogen) atoms. The molecule has 3 nitrogen and oxygen atoms in total. The predicted octanol–water partition coefficient (Wildman–Crippen LogP) is 5.18. The number of nitriles is 1. The van der Waals surface area contributed by atoms with Crippen molar-refractivity contribution in [1.82, 2.24) is 0 Å². The molecular formula is C21H19F2NO2. The minimum atomic E-state index is -1.06. The van der Waals surface area contributed by atoms with Gasteiger partial charge in [-0.2, -0.15) is 5.26 Å². The highest BCUT2D eigenvalue weighted by atomic mass is 19.1. The first-order valence-corrected chi connectivity index (χ1v) is 8.77. The lowest BCUT2D eigenvalue weighted by Gasteiger charge is -2.09. The summed E-state index contributed by atoms with van der Waals surface area (Å²) < 4.78 is 32.2. The Balaban J connectivity index is 1.62. The number of ether oxygens (including phenoxy) is 1. The van der Waals surface area contributed by atoms with Crippen LogP contribution in [0.5, 0.6) is 5.75 Å². The number of halogens is 2. The number of nitrogens with zero attached hydrogens (tertiary/aromatic N) is 1. The summed E-state index contributed by atoms with van der Waals surface area (Å²) in [6, 6.07) is 10.2. The number of esters is 1. The molecule has 0 heterocycles. The number of rotatable bonds is 5. The first-order valence-electron chi connectivity index (χ1n) is 8.77. The molecule has 1 aliphatic carbocycles. The van der Waals surface area contributed by atoms with Gasteiger partial charge in [0.15, 0.2) is 0 Å². The Morgan fingerprint density at radius 2 is 1.73 bits per heavy atom. The van der Waals surface area contributed by atoms with Crippen molar-refractivity contribution in [2.45, 2.75) is 38.5 Å². The van der Waals surface area contributed by atoms with Crippen molar-refractivity contribution in [2.24, 2.45) is 5.92 Å². The van der Waals surface area contributed by atoms with Gasteiger partial charge in [-0.1, -0.05) is 37.8 Å². The first kappa shape index (κ1) is 18.1. The van der Waals surface area contributed by atoms with E-state index in [-0.39, 0.29) is 5.75 Å². The van der Waals surface area contributed by atoms with E-state index in [2.05, 4.69) is 0 Å². The van der Waals surface area contributed by atoms with Crippen LogP contribution in [0.25, 0.3) is 0 Å². The summed E-state index contributed by atoms with van der Waals surface area (Å²) in [5.41, 5.74) is 0.764. The van der Waals surface area contributed by atoms with E-state index in [9.17, 15) is 13.6 Å². The standard InChI is InChI=1S/C21H19F2NO2/c22-19-11-17(12-20(23)18(19)13-24)26-21(25)16-9-7-15(8-10-16)6-5-14-3-1-2-4-14/h7-12,14H,1-6H2. The summed E-state index contributed by atoms with van der Waals surface area (Å²) in [6.45, 7) is 0. The van der Waals surface area contributed by atoms with E-state index in [1.165, 1.54) is 31.8 Å². The van der Waals surface area contributed by atoms with Crippen LogP contribution >= 0.6 is 0 Å². The molecular weight excluding hydrogens is 336 g/mol. The number of hydrogen-bond acceptors (Lipinski definition) is 3. The van der Waals surface area contributed by atoms with E-state index in [4.69, 9.17) is 10.00 Å². The number of benzene rings is 2. The predicted molar refractivity (Wildman–Crippen MR) is 92.8 cm³/mol. The molecule has 0 radical (unpaired) electrons. The van der Waals surface area contributed by atoms with E-state index in [1.807, 2.05) is 12.1 Å². The fourth-order valence-electron chi connectivity index (χ4n) is 3.36. The van der Waals surface area contributed by atoms with Crippen molar-refractivity contribution in [3.8, 4) is 11.8 Å². The molecule has 0 spiro atoms. The van der Waals surface area contributed by atoms with E-state index in [1.54, 1.807) is 12.1 Å².